The second-order valence-electron chi connectivity index (χ2n) is 32.1. The first-order valence-corrected chi connectivity index (χ1v) is 41.5. The van der Waals surface area contributed by atoms with Crippen molar-refractivity contribution in [2.45, 2.75) is 201 Å². The minimum absolute atomic E-state index is 0. The van der Waals surface area contributed by atoms with E-state index in [0.717, 1.165) is 38.9 Å². The van der Waals surface area contributed by atoms with Crippen LogP contribution in [0, 0.1) is 6.92 Å². The summed E-state index contributed by atoms with van der Waals surface area (Å²) in [5.41, 5.74) is 12.0. The molecule has 46 nitrogen and oxygen atoms in total. The molecule has 0 unspecified atom stereocenters. The number of methoxy groups -OCH3 is 5. The maximum Gasteiger partial charge on any atom is 1.00 e. The van der Waals surface area contributed by atoms with Crippen LogP contribution in [0.15, 0.2) is 212 Å². The zero-order valence-electron chi connectivity index (χ0n) is 81.1. The average Bonchev–Trinajstić information content (AvgIpc) is 1.67. The smallest absolute Gasteiger partial charge is 1.00 e. The first-order valence-electron chi connectivity index (χ1n) is 41.5. The topological polar surface area (TPSA) is 643 Å². The number of hydrogen-bond donors (Lipinski definition) is 7. The summed E-state index contributed by atoms with van der Waals surface area (Å²) in [6.07, 6.45) is 5.51. The number of hydrogen-bond acceptors (Lipinski definition) is 37. The van der Waals surface area contributed by atoms with Crippen LogP contribution in [0.3, 0.4) is 0 Å². The van der Waals surface area contributed by atoms with E-state index in [2.05, 4.69) is 123 Å². The molecule has 5 aliphatic heterocycles. The van der Waals surface area contributed by atoms with Gasteiger partial charge in [0.2, 0.25) is 40.0 Å². The summed E-state index contributed by atoms with van der Waals surface area (Å²) in [6, 6.07) is 42.0. The van der Waals surface area contributed by atoms with Crippen molar-refractivity contribution in [2.24, 2.45) is 66.4 Å². The number of aromatic carboxylic acids is 1. The minimum Gasteiger partial charge on any atom is -1.00 e. The van der Waals surface area contributed by atoms with Gasteiger partial charge in [0.05, 0.1) is 52.6 Å². The molecule has 738 valence electrons. The number of carboxylic acid groups (broad SMARTS) is 2. The number of aryl methyl sites for hydroxylation is 1. The fourth-order valence-electron chi connectivity index (χ4n) is 10.5. The maximum atomic E-state index is 12.2. The Morgan fingerprint density at radius 2 is 0.790 bits per heavy atom. The van der Waals surface area contributed by atoms with Crippen molar-refractivity contribution in [3.8, 4) is 11.4 Å². The molecule has 0 fully saturated rings. The molecular formula is C91H121KN24O22. The maximum absolute atomic E-state index is 12.2. The van der Waals surface area contributed by atoms with Gasteiger partial charge in [-0.1, -0.05) is 92.4 Å². The minimum atomic E-state index is -0.915. The summed E-state index contributed by atoms with van der Waals surface area (Å²) in [4.78, 5) is 136. The van der Waals surface area contributed by atoms with E-state index in [-0.39, 0.29) is 157 Å². The molecule has 7 aromatic rings. The van der Waals surface area contributed by atoms with Crippen LogP contribution in [-0.4, -0.2) is 203 Å². The van der Waals surface area contributed by atoms with Crippen molar-refractivity contribution in [3.63, 3.8) is 0 Å². The van der Waals surface area contributed by atoms with E-state index in [0.29, 0.717) is 66.1 Å². The summed E-state index contributed by atoms with van der Waals surface area (Å²) in [6.45, 7) is 22.0. The SMILES string of the molecule is C.CC(C)(C)OC(=O)NNC(=O)c1ccc(C2(C)N=N2)cc1.CC1(c2ccc(C(=O)O)cc2)N=N1.CN(/N=C/CCC(=O)O)C(=O)c1ccc(C2(C)N=N2)cc1.COC(=O)CC/C=N/N(C)C(=O)c1ccc(C2(C)N=N2)cc1.COC(=O)CC/C=N/NC(=O)c1ccc(C2(C)N=N2)cc1.COC(=O)CCC(OC)OC.Cc1nnc(-c2ccc(CNC(=O)CC(=O)OC(C)(C)C)cc2)nn1.N.O.[H-].[K+]. The van der Waals surface area contributed by atoms with E-state index in [1.807, 2.05) is 95.3 Å². The van der Waals surface area contributed by atoms with E-state index < -0.39 is 69.4 Å². The standard InChI is InChI=1S/C17H21N5O3.C15H18N4O3.C14H18N4O3.2C14H16N4O3.C9H8N2O2.C7H14O4.CH4.K.H3N.H2O.H/c1-11-19-21-16(22-20-11)13-7-5-12(6-8-13)10-18-14(23)9-15(24)25-17(2,3)4;1-15(17-18-15)12-8-6-11(7-9-12)14(21)19(2)16-10-4-5-13(20)22-3;1-13(2,3)21-12(20)16-15-11(19)9-5-7-10(8-6-9)14(4)17-18-14;1-14(16-17-14)11-7-5-10(6-8-11)13(21)18(2)15-9-3-4-12(19)20;1-14(17-18-14)11-7-5-10(6-8-11)13(20)16-15-9-3-4-12(19)21-2;1-9(10-11-9)7-4-2-6(3-5-7)8(12)13;1-9-6(8)4-5-7(10-2)11-3;;;;;/h5-8H,9-10H2,1-4H3,(H,18,23);6-10H,4-5H2,1-3H3;5-8H,1-4H3,(H,15,19)(H,16,20);5-9H,3-4H2,1-2H3,(H,19,20);5-9H,3-4H2,1-2H3,(H,16,20);2-5H,1H3,(H,12,13);7H,4-5H2,1-3H3;1H4;;1H3;1H2;/q;;;;;;;;+1;;;-1/b;16-10+;;2*15-9+;;;;;;;. The molecule has 0 saturated carbocycles. The van der Waals surface area contributed by atoms with Crippen molar-refractivity contribution >= 4 is 90.1 Å². The van der Waals surface area contributed by atoms with Gasteiger partial charge in [-0.3, -0.25) is 53.4 Å². The van der Waals surface area contributed by atoms with E-state index in [1.54, 1.807) is 140 Å². The number of aliphatic carboxylic acids is 1. The largest absolute Gasteiger partial charge is 1.00 e. The van der Waals surface area contributed by atoms with Gasteiger partial charge in [0.25, 0.3) is 23.6 Å². The number of aromatic nitrogens is 4. The summed E-state index contributed by atoms with van der Waals surface area (Å²) in [5.74, 6) is -3.88. The Labute approximate surface area is 842 Å². The molecule has 138 heavy (non-hydrogen) atoms. The van der Waals surface area contributed by atoms with Crippen LogP contribution < -0.4 is 79.1 Å². The second-order valence-corrected chi connectivity index (χ2v) is 32.1. The number of rotatable bonds is 32. The Kier molecular flexibility index (Phi) is 49.4. The third-order valence-corrected chi connectivity index (χ3v) is 18.7. The Morgan fingerprint density at radius 1 is 0.449 bits per heavy atom. The Bertz CT molecular complexity index is 5460. The Morgan fingerprint density at radius 3 is 1.13 bits per heavy atom. The molecule has 0 saturated heterocycles. The van der Waals surface area contributed by atoms with Crippen LogP contribution in [0.25, 0.3) is 11.4 Å². The molecular weight excluding hydrogens is 1820 g/mol. The zero-order chi connectivity index (χ0) is 99.2. The number of hydrazine groups is 1. The van der Waals surface area contributed by atoms with Crippen LogP contribution in [0.1, 0.15) is 234 Å². The normalized spacial score (nSPS) is 13.7. The Balaban J connectivity index is 0.000000815. The van der Waals surface area contributed by atoms with Gasteiger partial charge in [0.15, 0.2) is 12.1 Å². The van der Waals surface area contributed by atoms with Gasteiger partial charge in [-0.05, 0) is 169 Å². The molecule has 5 aliphatic rings. The molecule has 6 heterocycles. The average molecular weight is 1940 g/mol. The number of nitrogens with one attached hydrogen (secondary N) is 4. The number of esters is 4. The monoisotopic (exact) mass is 1940 g/mol. The number of hydrazone groups is 3. The fraction of sp³-hybridized carbons (Fsp3) is 0.418. The van der Waals surface area contributed by atoms with Gasteiger partial charge >= 0.3 is 93.3 Å². The molecule has 0 bridgehead atoms. The van der Waals surface area contributed by atoms with E-state index in [4.69, 9.17) is 29.2 Å². The number of carbonyl (C=O) groups excluding carboxylic acids is 10. The second kappa shape index (κ2) is 56.6. The molecule has 47 heteroatoms. The first kappa shape index (κ1) is 120. The predicted molar refractivity (Wildman–Crippen MR) is 499 cm³/mol. The number of nitrogens with zero attached hydrogens (tertiary/aromatic N) is 19. The molecule has 0 spiro atoms. The summed E-state index contributed by atoms with van der Waals surface area (Å²) < 4.78 is 33.3. The van der Waals surface area contributed by atoms with Gasteiger partial charge < -0.3 is 61.7 Å². The van der Waals surface area contributed by atoms with Gasteiger partial charge in [-0.2, -0.15) is 66.4 Å². The van der Waals surface area contributed by atoms with Crippen molar-refractivity contribution in [1.29, 1.82) is 0 Å². The molecule has 12 rings (SSSR count). The third-order valence-electron chi connectivity index (χ3n) is 18.7. The van der Waals surface area contributed by atoms with Gasteiger partial charge in [-0.25, -0.2) is 30.5 Å². The van der Waals surface area contributed by atoms with E-state index in [1.165, 1.54) is 71.3 Å². The number of ether oxygens (including phenoxy) is 7. The number of benzene rings is 6. The van der Waals surface area contributed by atoms with E-state index >= 15 is 0 Å². The number of carboxylic acids is 2. The molecule has 6 amide bonds. The third kappa shape index (κ3) is 43.0. The summed E-state index contributed by atoms with van der Waals surface area (Å²) >= 11 is 0. The molecule has 0 radical (unpaired) electrons. The zero-order valence-corrected chi connectivity index (χ0v) is 83.2. The predicted octanol–water partition coefficient (Wildman–Crippen LogP) is 10.3. The van der Waals surface area contributed by atoms with Gasteiger partial charge in [0.1, 0.15) is 17.6 Å². The number of carbonyl (C=O) groups is 12. The molecule has 11 N–H and O–H groups in total. The molecule has 0 aliphatic carbocycles. The van der Waals surface area contributed by atoms with Crippen LogP contribution >= 0.6 is 0 Å². The van der Waals surface area contributed by atoms with Crippen LogP contribution in [0.4, 0.5) is 4.79 Å². The molecule has 0 atom stereocenters. The summed E-state index contributed by atoms with van der Waals surface area (Å²) in [5, 5.41) is 88.8. The quantitative estimate of drug-likeness (QED) is 0.00392. The fourth-order valence-corrected chi connectivity index (χ4v) is 10.5. The van der Waals surface area contributed by atoms with E-state index in [9.17, 15) is 57.5 Å². The van der Waals surface area contributed by atoms with Crippen LogP contribution in [-0.2, 0) is 96.8 Å². The summed E-state index contributed by atoms with van der Waals surface area (Å²) in [7, 11) is 10.2. The van der Waals surface area contributed by atoms with Crippen LogP contribution in [0.5, 0.6) is 0 Å². The van der Waals surface area contributed by atoms with Crippen molar-refractivity contribution < 1.29 is 159 Å². The van der Waals surface area contributed by atoms with Crippen molar-refractivity contribution in [1.82, 2.24) is 58.2 Å². The first-order chi connectivity index (χ1) is 63.2. The van der Waals surface area contributed by atoms with Crippen molar-refractivity contribution in [3.05, 3.63) is 213 Å². The van der Waals surface area contributed by atoms with Crippen LogP contribution in [0.2, 0.25) is 0 Å². The Hall–Kier alpha value is -13.8. The van der Waals surface area contributed by atoms with Gasteiger partial charge in [0, 0.05) is 116 Å². The molecule has 1 aromatic heterocycles. The number of amides is 6. The molecule has 6 aromatic carbocycles. The van der Waals surface area contributed by atoms with Gasteiger partial charge in [-0.15, -0.1) is 20.4 Å². The van der Waals surface area contributed by atoms with Crippen molar-refractivity contribution in [2.75, 3.05) is 49.6 Å².